The number of carbonyl (C=O) groups excluding carboxylic acids is 1. The number of ether oxygens (including phenoxy) is 1. The Labute approximate surface area is 209 Å². The van der Waals surface area contributed by atoms with E-state index in [4.69, 9.17) is 16.3 Å². The van der Waals surface area contributed by atoms with Crippen molar-refractivity contribution in [3.8, 4) is 5.75 Å². The lowest BCUT2D eigenvalue weighted by Gasteiger charge is -2.22. The molecule has 0 spiro atoms. The predicted molar refractivity (Wildman–Crippen MR) is 133 cm³/mol. The summed E-state index contributed by atoms with van der Waals surface area (Å²) in [6, 6.07) is 4.38. The molecule has 0 aliphatic heterocycles. The Kier molecular flexibility index (Phi) is 7.84. The van der Waals surface area contributed by atoms with Gasteiger partial charge in [-0.2, -0.15) is 13.2 Å². The van der Waals surface area contributed by atoms with Crippen LogP contribution in [0.3, 0.4) is 0 Å². The van der Waals surface area contributed by atoms with E-state index < -0.39 is 39.8 Å². The molecule has 1 aromatic heterocycles. The number of rotatable bonds is 8. The first-order valence-electron chi connectivity index (χ1n) is 10.3. The van der Waals surface area contributed by atoms with Crippen LogP contribution in [0.4, 0.5) is 34.8 Å². The van der Waals surface area contributed by atoms with E-state index >= 15 is 0 Å². The van der Waals surface area contributed by atoms with Crippen LogP contribution >= 0.6 is 11.6 Å². The Morgan fingerprint density at radius 1 is 1.19 bits per heavy atom. The molecule has 3 atom stereocenters. The molecule has 0 saturated carbocycles. The number of fused-ring (bicyclic) bond motifs is 1. The van der Waals surface area contributed by atoms with Crippen molar-refractivity contribution >= 4 is 61.2 Å². The fourth-order valence-electron chi connectivity index (χ4n) is 3.03. The predicted octanol–water partition coefficient (Wildman–Crippen LogP) is 4.67. The number of halogens is 5. The smallest absolute Gasteiger partial charge is 0.408 e. The summed E-state index contributed by atoms with van der Waals surface area (Å²) in [6.45, 7) is 2.02. The molecule has 2 aromatic carbocycles. The Morgan fingerprint density at radius 3 is 2.53 bits per heavy atom. The lowest BCUT2D eigenvalue weighted by atomic mass is 10.2. The van der Waals surface area contributed by atoms with Crippen molar-refractivity contribution in [1.82, 2.24) is 15.3 Å². The van der Waals surface area contributed by atoms with Gasteiger partial charge in [0.05, 0.1) is 21.6 Å². The molecular formula is C22H22ClF4N5O3S. The maximum atomic E-state index is 14.0. The zero-order valence-corrected chi connectivity index (χ0v) is 20.8. The number of amides is 1. The monoisotopic (exact) mass is 547 g/mol. The number of anilines is 3. The van der Waals surface area contributed by atoms with Crippen LogP contribution in [-0.2, 0) is 14.5 Å². The van der Waals surface area contributed by atoms with E-state index in [2.05, 4.69) is 25.9 Å². The summed E-state index contributed by atoms with van der Waals surface area (Å²) in [5, 5.41) is 5.30. The minimum atomic E-state index is -4.63. The van der Waals surface area contributed by atoms with E-state index in [1.165, 1.54) is 31.6 Å². The number of alkyl halides is 3. The summed E-state index contributed by atoms with van der Waals surface area (Å²) in [5.74, 6) is 1.83. The van der Waals surface area contributed by atoms with Crippen molar-refractivity contribution in [3.05, 3.63) is 47.5 Å². The number of nitrogens with zero attached hydrogens (tertiary/aromatic N) is 2. The van der Waals surface area contributed by atoms with Crippen LogP contribution in [0.1, 0.15) is 13.8 Å². The average Bonchev–Trinajstić information content (AvgIpc) is 2.73. The highest BCUT2D eigenvalue weighted by Crippen LogP contribution is 2.35. The fourth-order valence-corrected chi connectivity index (χ4v) is 3.95. The van der Waals surface area contributed by atoms with Gasteiger partial charge in [0.1, 0.15) is 29.8 Å². The van der Waals surface area contributed by atoms with Crippen molar-refractivity contribution in [3.63, 3.8) is 0 Å². The first-order valence-corrected chi connectivity index (χ1v) is 12.8. The number of benzene rings is 2. The Morgan fingerprint density at radius 2 is 1.89 bits per heavy atom. The van der Waals surface area contributed by atoms with Crippen molar-refractivity contribution in [2.75, 3.05) is 16.3 Å². The van der Waals surface area contributed by atoms with Crippen LogP contribution in [0.15, 0.2) is 36.7 Å². The Balaban J connectivity index is 1.91. The Bertz CT molecular complexity index is 1400. The van der Waals surface area contributed by atoms with E-state index in [1.807, 2.05) is 0 Å². The van der Waals surface area contributed by atoms with Gasteiger partial charge in [-0.15, -0.1) is 0 Å². The van der Waals surface area contributed by atoms with Gasteiger partial charge in [0.15, 0.2) is 6.10 Å². The molecular weight excluding hydrogens is 526 g/mol. The summed E-state index contributed by atoms with van der Waals surface area (Å²) >= 11 is 6.43. The molecule has 1 unspecified atom stereocenters. The van der Waals surface area contributed by atoms with Crippen molar-refractivity contribution in [2.45, 2.75) is 32.2 Å². The third kappa shape index (κ3) is 6.88. The van der Waals surface area contributed by atoms with E-state index in [1.54, 1.807) is 11.4 Å². The molecule has 0 aliphatic carbocycles. The molecule has 14 heteroatoms. The second-order valence-electron chi connectivity index (χ2n) is 7.98. The summed E-state index contributed by atoms with van der Waals surface area (Å²) in [5.41, 5.74) is 0.954. The fraction of sp³-hybridized carbons (Fsp3) is 0.273. The minimum Gasteiger partial charge on any atom is -0.479 e. The molecule has 0 bridgehead atoms. The van der Waals surface area contributed by atoms with Gasteiger partial charge in [0.25, 0.3) is 5.91 Å². The lowest BCUT2D eigenvalue weighted by molar-refractivity contribution is -0.160. The molecule has 194 valence electrons. The number of carbonyl (C=O) groups is 1. The molecule has 1 heterocycles. The van der Waals surface area contributed by atoms with Gasteiger partial charge >= 0.3 is 6.18 Å². The molecule has 36 heavy (non-hydrogen) atoms. The first-order chi connectivity index (χ1) is 16.6. The van der Waals surface area contributed by atoms with Crippen LogP contribution in [0, 0.1) is 5.82 Å². The number of nitrogens with one attached hydrogen (secondary N) is 3. The SMILES string of the molecule is C=S(C)(=O)Nc1cc(Cl)c2c(Nc3ccc(F)cc3O[C@H](C)C(=O)N[C@@H](C)C(F)(F)F)ncnc2c1. The van der Waals surface area contributed by atoms with Gasteiger partial charge in [-0.25, -0.2) is 18.6 Å². The normalized spacial score (nSPS) is 15.0. The molecule has 8 nitrogen and oxygen atoms in total. The van der Waals surface area contributed by atoms with E-state index in [9.17, 15) is 26.6 Å². The van der Waals surface area contributed by atoms with Crippen molar-refractivity contribution in [1.29, 1.82) is 0 Å². The highest BCUT2D eigenvalue weighted by molar-refractivity contribution is 8.00. The highest BCUT2D eigenvalue weighted by Gasteiger charge is 2.38. The van der Waals surface area contributed by atoms with E-state index in [-0.39, 0.29) is 22.3 Å². The summed E-state index contributed by atoms with van der Waals surface area (Å²) in [7, 11) is -2.58. The second kappa shape index (κ2) is 10.3. The minimum absolute atomic E-state index is 0.152. The van der Waals surface area contributed by atoms with Crippen LogP contribution in [0.25, 0.3) is 10.9 Å². The number of aromatic nitrogens is 2. The maximum absolute atomic E-state index is 14.0. The van der Waals surface area contributed by atoms with Gasteiger partial charge in [0, 0.05) is 27.7 Å². The standard InChI is InChI=1S/C22H22ClF4N5O3S/c1-11(21(33)30-12(2)22(25,26)27)35-18-7-13(24)5-6-16(18)31-20-19-15(23)8-14(32-36(3,4)34)9-17(19)28-10-29-20/h5-12H,3H2,1-2,4H3,(H,30,33)(H,32,34)(H,28,29,31)/t11-,12+,36?/m1/s1. The first kappa shape index (κ1) is 27.3. The molecule has 0 aliphatic rings. The maximum Gasteiger partial charge on any atom is 0.408 e. The van der Waals surface area contributed by atoms with Crippen molar-refractivity contribution < 1.29 is 31.3 Å². The number of hydrogen-bond acceptors (Lipinski definition) is 6. The van der Waals surface area contributed by atoms with Gasteiger partial charge in [-0.05, 0) is 44.0 Å². The summed E-state index contributed by atoms with van der Waals surface area (Å²) in [4.78, 5) is 20.5. The molecule has 3 rings (SSSR count). The molecule has 3 aromatic rings. The third-order valence-corrected chi connectivity index (χ3v) is 5.71. The van der Waals surface area contributed by atoms with E-state index in [0.29, 0.717) is 16.6 Å². The molecule has 0 radical (unpaired) electrons. The largest absolute Gasteiger partial charge is 0.479 e. The summed E-state index contributed by atoms with van der Waals surface area (Å²) < 4.78 is 72.5. The zero-order valence-electron chi connectivity index (χ0n) is 19.2. The molecule has 0 fully saturated rings. The molecule has 0 saturated heterocycles. The van der Waals surface area contributed by atoms with Crippen LogP contribution < -0.4 is 20.1 Å². The molecule has 1 amide bonds. The second-order valence-corrected chi connectivity index (χ2v) is 10.6. The average molecular weight is 548 g/mol. The number of hydrogen-bond donors (Lipinski definition) is 3. The zero-order chi connectivity index (χ0) is 26.8. The summed E-state index contributed by atoms with van der Waals surface area (Å²) in [6.07, 6.45) is -3.37. The van der Waals surface area contributed by atoms with Gasteiger partial charge in [0.2, 0.25) is 0 Å². The highest BCUT2D eigenvalue weighted by atomic mass is 35.5. The van der Waals surface area contributed by atoms with Gasteiger partial charge < -0.3 is 20.1 Å². The lowest BCUT2D eigenvalue weighted by Crippen LogP contribution is -2.47. The van der Waals surface area contributed by atoms with Gasteiger partial charge in [-0.1, -0.05) is 11.6 Å². The molecule has 3 N–H and O–H groups in total. The van der Waals surface area contributed by atoms with Crippen LogP contribution in [-0.4, -0.2) is 50.5 Å². The topological polar surface area (TPSA) is 105 Å². The quantitative estimate of drug-likeness (QED) is 0.279. The van der Waals surface area contributed by atoms with Gasteiger partial charge in [-0.3, -0.25) is 4.79 Å². The van der Waals surface area contributed by atoms with Crippen molar-refractivity contribution in [2.24, 2.45) is 0 Å². The third-order valence-electron chi connectivity index (χ3n) is 4.74. The Hall–Kier alpha value is -3.32. The van der Waals surface area contributed by atoms with E-state index in [0.717, 1.165) is 19.1 Å². The van der Waals surface area contributed by atoms with Crippen LogP contribution in [0.5, 0.6) is 5.75 Å². The van der Waals surface area contributed by atoms with Crippen LogP contribution in [0.2, 0.25) is 5.02 Å².